The Hall–Kier alpha value is -6.18. The van der Waals surface area contributed by atoms with Crippen molar-refractivity contribution < 1.29 is 28.7 Å². The molecule has 0 spiro atoms. The summed E-state index contributed by atoms with van der Waals surface area (Å²) in [5.41, 5.74) is 5.22. The van der Waals surface area contributed by atoms with Crippen LogP contribution < -0.4 is 10.6 Å². The lowest BCUT2D eigenvalue weighted by Crippen LogP contribution is -2.55. The third kappa shape index (κ3) is 7.55. The number of aromatic amines is 2. The van der Waals surface area contributed by atoms with Crippen molar-refractivity contribution in [2.24, 2.45) is 5.92 Å². The van der Waals surface area contributed by atoms with Crippen LogP contribution in [0.1, 0.15) is 64.1 Å². The molecule has 7 rings (SSSR count). The molecule has 14 heteroatoms. The number of carbonyl (C=O) groups excluding carboxylic acids is 4. The number of benzene rings is 3. The number of aromatic nitrogens is 4. The number of likely N-dealkylation sites (tertiary alicyclic amines) is 2. The number of hydrogen-bond acceptors (Lipinski definition) is 8. The van der Waals surface area contributed by atoms with E-state index in [1.54, 1.807) is 11.1 Å². The molecule has 14 nitrogen and oxygen atoms in total. The van der Waals surface area contributed by atoms with E-state index in [2.05, 4.69) is 91.0 Å². The molecule has 0 radical (unpaired) electrons. The highest BCUT2D eigenvalue weighted by atomic mass is 16.5. The summed E-state index contributed by atoms with van der Waals surface area (Å²) in [6, 6.07) is 20.2. The molecule has 4 N–H and O–H groups in total. The maximum atomic E-state index is 13.8. The highest BCUT2D eigenvalue weighted by molar-refractivity contribution is 5.91. The second-order valence-electron chi connectivity index (χ2n) is 15.0. The van der Waals surface area contributed by atoms with Crippen LogP contribution in [0.4, 0.5) is 9.59 Å². The van der Waals surface area contributed by atoms with Crippen LogP contribution in [-0.4, -0.2) is 93.6 Å². The molecule has 3 aromatic carbocycles. The summed E-state index contributed by atoms with van der Waals surface area (Å²) < 4.78 is 9.37. The standard InChI is InChI=1S/C42H48N8O6/c1-25(2)36(48-41(54)56-5)38(52)50-19-7-17-42(50,3)39-44-23-33(47-39)31-16-15-29-20-28(13-14-30(29)21-31)26-9-11-27(12-10-26)32-22-43-37(46-32)34-8-6-18-49(34)35(51)24-45-40(53)55-4/h9-16,20-23,25,34,36H,6-8,17-19,24H2,1-5H3,(H,43,46)(H,44,47)(H,45,53)(H,48,54)/t34-,36-,42-/m0/s1. The smallest absolute Gasteiger partial charge is 0.407 e. The van der Waals surface area contributed by atoms with Crippen molar-refractivity contribution >= 4 is 34.8 Å². The van der Waals surface area contributed by atoms with Crippen LogP contribution in [0.3, 0.4) is 0 Å². The molecule has 4 amide bonds. The van der Waals surface area contributed by atoms with Gasteiger partial charge in [0.1, 0.15) is 24.2 Å². The molecule has 4 heterocycles. The summed E-state index contributed by atoms with van der Waals surface area (Å²) in [6.45, 7) is 6.90. The summed E-state index contributed by atoms with van der Waals surface area (Å²) in [5.74, 6) is 0.994. The molecule has 3 atom stereocenters. The summed E-state index contributed by atoms with van der Waals surface area (Å²) in [6.07, 6.45) is 5.58. The molecule has 2 aliphatic rings. The number of ether oxygens (including phenoxy) is 2. The van der Waals surface area contributed by atoms with E-state index in [1.165, 1.54) is 14.2 Å². The van der Waals surface area contributed by atoms with Gasteiger partial charge in [-0.3, -0.25) is 9.59 Å². The Balaban J connectivity index is 1.03. The second-order valence-corrected chi connectivity index (χ2v) is 15.0. The minimum atomic E-state index is -0.708. The number of fused-ring (bicyclic) bond motifs is 1. The van der Waals surface area contributed by atoms with Crippen LogP contribution in [0.25, 0.3) is 44.4 Å². The molecule has 0 aliphatic carbocycles. The first kappa shape index (κ1) is 38.1. The predicted molar refractivity (Wildman–Crippen MR) is 211 cm³/mol. The van der Waals surface area contributed by atoms with Gasteiger partial charge in [-0.25, -0.2) is 19.6 Å². The van der Waals surface area contributed by atoms with E-state index in [0.717, 1.165) is 75.9 Å². The Morgan fingerprint density at radius 3 is 2.18 bits per heavy atom. The molecule has 2 saturated heterocycles. The fourth-order valence-corrected chi connectivity index (χ4v) is 7.93. The Morgan fingerprint density at radius 2 is 1.46 bits per heavy atom. The summed E-state index contributed by atoms with van der Waals surface area (Å²) in [5, 5.41) is 7.37. The van der Waals surface area contributed by atoms with E-state index in [0.29, 0.717) is 18.9 Å². The molecular formula is C42H48N8O6. The van der Waals surface area contributed by atoms with Crippen molar-refractivity contribution in [1.82, 2.24) is 40.4 Å². The number of alkyl carbamates (subject to hydrolysis) is 2. The Kier molecular flexibility index (Phi) is 10.8. The molecule has 2 aliphatic heterocycles. The van der Waals surface area contributed by atoms with Gasteiger partial charge in [0.2, 0.25) is 11.8 Å². The average Bonchev–Trinajstić information content (AvgIpc) is 4.05. The monoisotopic (exact) mass is 760 g/mol. The zero-order chi connectivity index (χ0) is 39.6. The SMILES string of the molecule is COC(=O)NCC(=O)N1CCC[C@H]1c1ncc(-c2ccc(-c3ccc4cc(-c5cnc([C@]6(C)CCCN6C(=O)[C@@H](NC(=O)OC)C(C)C)[nH]5)ccc4c3)cc2)[nH]1. The van der Waals surface area contributed by atoms with Gasteiger partial charge in [0.25, 0.3) is 0 Å². The Labute approximate surface area is 325 Å². The number of amides is 4. The first-order valence-corrected chi connectivity index (χ1v) is 19.0. The number of carbonyl (C=O) groups is 4. The molecule has 0 saturated carbocycles. The van der Waals surface area contributed by atoms with E-state index < -0.39 is 23.8 Å². The normalized spacial score (nSPS) is 18.6. The maximum Gasteiger partial charge on any atom is 0.407 e. The first-order chi connectivity index (χ1) is 27.0. The van der Waals surface area contributed by atoms with E-state index in [1.807, 2.05) is 31.9 Å². The van der Waals surface area contributed by atoms with E-state index in [4.69, 9.17) is 9.72 Å². The minimum absolute atomic E-state index is 0.119. The Morgan fingerprint density at radius 1 is 0.821 bits per heavy atom. The summed E-state index contributed by atoms with van der Waals surface area (Å²) in [7, 11) is 2.56. The highest BCUT2D eigenvalue weighted by Crippen LogP contribution is 2.39. The molecule has 5 aromatic rings. The van der Waals surface area contributed by atoms with Crippen molar-refractivity contribution in [2.45, 2.75) is 64.1 Å². The van der Waals surface area contributed by atoms with Crippen LogP contribution in [0, 0.1) is 5.92 Å². The molecule has 0 bridgehead atoms. The fraction of sp³-hybridized carbons (Fsp3) is 0.381. The quantitative estimate of drug-likeness (QED) is 0.124. The first-order valence-electron chi connectivity index (χ1n) is 19.0. The molecule has 2 aromatic heterocycles. The minimum Gasteiger partial charge on any atom is -0.453 e. The van der Waals surface area contributed by atoms with Gasteiger partial charge in [0.05, 0.1) is 49.6 Å². The van der Waals surface area contributed by atoms with Gasteiger partial charge in [-0.2, -0.15) is 0 Å². The van der Waals surface area contributed by atoms with E-state index in [9.17, 15) is 19.2 Å². The molecule has 56 heavy (non-hydrogen) atoms. The van der Waals surface area contributed by atoms with Gasteiger partial charge in [-0.05, 0) is 78.1 Å². The second kappa shape index (κ2) is 15.9. The molecular weight excluding hydrogens is 713 g/mol. The maximum absolute atomic E-state index is 13.8. The van der Waals surface area contributed by atoms with Crippen molar-refractivity contribution in [2.75, 3.05) is 33.9 Å². The van der Waals surface area contributed by atoms with Crippen molar-refractivity contribution in [1.29, 1.82) is 0 Å². The van der Waals surface area contributed by atoms with Crippen LogP contribution in [-0.2, 0) is 24.6 Å². The number of imidazole rings is 2. The number of hydrogen-bond donors (Lipinski definition) is 4. The summed E-state index contributed by atoms with van der Waals surface area (Å²) >= 11 is 0. The van der Waals surface area contributed by atoms with Gasteiger partial charge in [-0.15, -0.1) is 0 Å². The lowest BCUT2D eigenvalue weighted by molar-refractivity contribution is -0.138. The zero-order valence-corrected chi connectivity index (χ0v) is 32.3. The molecule has 2 fully saturated rings. The zero-order valence-electron chi connectivity index (χ0n) is 32.3. The topological polar surface area (TPSA) is 175 Å². The molecule has 292 valence electrons. The van der Waals surface area contributed by atoms with Crippen LogP contribution in [0.5, 0.6) is 0 Å². The Bertz CT molecular complexity index is 2250. The highest BCUT2D eigenvalue weighted by Gasteiger charge is 2.46. The van der Waals surface area contributed by atoms with Gasteiger partial charge < -0.3 is 39.9 Å². The number of nitrogens with one attached hydrogen (secondary N) is 4. The van der Waals surface area contributed by atoms with Gasteiger partial charge in [0, 0.05) is 18.7 Å². The lowest BCUT2D eigenvalue weighted by Gasteiger charge is -2.37. The average molecular weight is 761 g/mol. The third-order valence-electron chi connectivity index (χ3n) is 11.1. The van der Waals surface area contributed by atoms with Crippen molar-refractivity contribution in [3.8, 4) is 33.6 Å². The van der Waals surface area contributed by atoms with Gasteiger partial charge in [-0.1, -0.05) is 62.4 Å². The number of nitrogens with zero attached hydrogens (tertiary/aromatic N) is 4. The number of rotatable bonds is 10. The van der Waals surface area contributed by atoms with Crippen LogP contribution in [0.2, 0.25) is 0 Å². The van der Waals surface area contributed by atoms with E-state index in [-0.39, 0.29) is 30.3 Å². The molecule has 0 unspecified atom stereocenters. The fourth-order valence-electron chi connectivity index (χ4n) is 7.93. The summed E-state index contributed by atoms with van der Waals surface area (Å²) in [4.78, 5) is 69.9. The van der Waals surface area contributed by atoms with Crippen LogP contribution in [0.15, 0.2) is 73.1 Å². The largest absolute Gasteiger partial charge is 0.453 e. The van der Waals surface area contributed by atoms with Crippen molar-refractivity contribution in [3.05, 3.63) is 84.7 Å². The lowest BCUT2D eigenvalue weighted by atomic mass is 9.95. The van der Waals surface area contributed by atoms with Gasteiger partial charge in [0.15, 0.2) is 0 Å². The number of H-pyrrole nitrogens is 2. The number of methoxy groups -OCH3 is 2. The van der Waals surface area contributed by atoms with E-state index >= 15 is 0 Å². The third-order valence-corrected chi connectivity index (χ3v) is 11.1. The predicted octanol–water partition coefficient (Wildman–Crippen LogP) is 6.52. The van der Waals surface area contributed by atoms with Crippen molar-refractivity contribution in [3.63, 3.8) is 0 Å². The van der Waals surface area contributed by atoms with Gasteiger partial charge >= 0.3 is 12.2 Å². The van der Waals surface area contributed by atoms with Crippen LogP contribution >= 0.6 is 0 Å².